The van der Waals surface area contributed by atoms with Crippen LogP contribution in [0, 0.1) is 0 Å². The number of aromatic nitrogens is 5. The number of hydrogen-bond donors (Lipinski definition) is 3. The van der Waals surface area contributed by atoms with Crippen LogP contribution in [0.3, 0.4) is 0 Å². The molecule has 3 rings (SSSR count). The minimum atomic E-state index is -3.75. The Kier molecular flexibility index (Phi) is 5.62. The average Bonchev–Trinajstić information content (AvgIpc) is 3.32. The Morgan fingerprint density at radius 3 is 2.85 bits per heavy atom. The topological polar surface area (TPSA) is 135 Å². The number of nitrogens with one attached hydrogen (secondary N) is 3. The molecule has 3 N–H and O–H groups in total. The Morgan fingerprint density at radius 2 is 2.15 bits per heavy atom. The monoisotopic (exact) mass is 389 g/mol. The second-order valence-corrected chi connectivity index (χ2v) is 7.51. The van der Waals surface area contributed by atoms with Gasteiger partial charge in [-0.3, -0.25) is 14.6 Å². The Balaban J connectivity index is 1.61. The summed E-state index contributed by atoms with van der Waals surface area (Å²) in [6, 6.07) is 7.54. The zero-order valence-corrected chi connectivity index (χ0v) is 15.4. The van der Waals surface area contributed by atoms with Gasteiger partial charge in [-0.25, -0.2) is 18.1 Å². The molecule has 142 valence electrons. The molecule has 2 heterocycles. The molecule has 0 aliphatic carbocycles. The van der Waals surface area contributed by atoms with E-state index in [1.807, 2.05) is 0 Å². The Labute approximate surface area is 156 Å². The van der Waals surface area contributed by atoms with E-state index >= 15 is 0 Å². The molecule has 10 nitrogen and oxygen atoms in total. The lowest BCUT2D eigenvalue weighted by molar-refractivity contribution is 0.0953. The summed E-state index contributed by atoms with van der Waals surface area (Å²) in [6.45, 7) is 0.441. The summed E-state index contributed by atoms with van der Waals surface area (Å²) in [5, 5.41) is 13.1. The molecule has 0 saturated heterocycles. The zero-order valence-electron chi connectivity index (χ0n) is 14.6. The first kappa shape index (κ1) is 18.7. The molecular formula is C16H19N7O3S. The molecule has 1 aromatic carbocycles. The number of hydrogen-bond acceptors (Lipinski definition) is 6. The standard InChI is InChI=1S/C16H19N7O3S/c1-23-15(18-11-20-23)6-7-17-16(24)12-3-2-4-14(9-12)27(25,26)21-10-13-5-8-19-22-13/h2-5,8-9,11,21H,6-7,10H2,1H3,(H,17,24)(H,19,22). The molecule has 0 saturated carbocycles. The van der Waals surface area contributed by atoms with E-state index in [4.69, 9.17) is 0 Å². The van der Waals surface area contributed by atoms with Crippen molar-refractivity contribution >= 4 is 15.9 Å². The fourth-order valence-electron chi connectivity index (χ4n) is 2.38. The van der Waals surface area contributed by atoms with Crippen LogP contribution in [0.5, 0.6) is 0 Å². The molecular weight excluding hydrogens is 370 g/mol. The Bertz CT molecular complexity index is 1010. The molecule has 0 bridgehead atoms. The maximum Gasteiger partial charge on any atom is 0.251 e. The Hall–Kier alpha value is -3.05. The van der Waals surface area contributed by atoms with Gasteiger partial charge in [0, 0.05) is 31.8 Å². The van der Waals surface area contributed by atoms with Gasteiger partial charge in [0.15, 0.2) is 0 Å². The number of nitrogens with zero attached hydrogens (tertiary/aromatic N) is 4. The zero-order chi connectivity index (χ0) is 19.3. The van der Waals surface area contributed by atoms with Crippen molar-refractivity contribution in [3.05, 3.63) is 59.9 Å². The lowest BCUT2D eigenvalue weighted by Gasteiger charge is -2.08. The van der Waals surface area contributed by atoms with Crippen LogP contribution in [0.2, 0.25) is 0 Å². The normalized spacial score (nSPS) is 11.4. The van der Waals surface area contributed by atoms with E-state index in [0.29, 0.717) is 18.7 Å². The van der Waals surface area contributed by atoms with Gasteiger partial charge in [0.1, 0.15) is 12.2 Å². The van der Waals surface area contributed by atoms with Crippen LogP contribution in [-0.2, 0) is 30.0 Å². The van der Waals surface area contributed by atoms with Gasteiger partial charge in [-0.05, 0) is 24.3 Å². The Morgan fingerprint density at radius 1 is 1.30 bits per heavy atom. The van der Waals surface area contributed by atoms with Crippen LogP contribution in [-0.4, -0.2) is 45.8 Å². The van der Waals surface area contributed by atoms with Gasteiger partial charge in [0.25, 0.3) is 5.91 Å². The number of sulfonamides is 1. The molecule has 0 radical (unpaired) electrons. The lowest BCUT2D eigenvalue weighted by atomic mass is 10.2. The van der Waals surface area contributed by atoms with Crippen LogP contribution in [0.1, 0.15) is 21.9 Å². The molecule has 0 spiro atoms. The summed E-state index contributed by atoms with van der Waals surface area (Å²) in [4.78, 5) is 16.4. The predicted octanol–water partition coefficient (Wildman–Crippen LogP) is -0.0108. The number of H-pyrrole nitrogens is 1. The summed E-state index contributed by atoms with van der Waals surface area (Å²) in [5.74, 6) is 0.387. The highest BCUT2D eigenvalue weighted by atomic mass is 32.2. The molecule has 0 fully saturated rings. The summed E-state index contributed by atoms with van der Waals surface area (Å²) in [5.41, 5.74) is 0.897. The highest BCUT2D eigenvalue weighted by molar-refractivity contribution is 7.89. The van der Waals surface area contributed by atoms with Crippen LogP contribution in [0.15, 0.2) is 47.8 Å². The number of benzene rings is 1. The van der Waals surface area contributed by atoms with Crippen molar-refractivity contribution in [1.82, 2.24) is 35.0 Å². The van der Waals surface area contributed by atoms with Crippen LogP contribution in [0.4, 0.5) is 0 Å². The van der Waals surface area contributed by atoms with E-state index in [0.717, 1.165) is 5.82 Å². The van der Waals surface area contributed by atoms with Gasteiger partial charge in [-0.2, -0.15) is 10.2 Å². The highest BCUT2D eigenvalue weighted by Crippen LogP contribution is 2.12. The molecule has 0 atom stereocenters. The largest absolute Gasteiger partial charge is 0.352 e. The number of aromatic amines is 1. The van der Waals surface area contributed by atoms with Crippen LogP contribution in [0.25, 0.3) is 0 Å². The van der Waals surface area contributed by atoms with Crippen molar-refractivity contribution in [2.75, 3.05) is 6.54 Å². The third kappa shape index (κ3) is 4.77. The summed E-state index contributed by atoms with van der Waals surface area (Å²) in [7, 11) is -1.98. The van der Waals surface area contributed by atoms with Gasteiger partial charge in [0.05, 0.1) is 17.1 Å². The molecule has 27 heavy (non-hydrogen) atoms. The van der Waals surface area contributed by atoms with E-state index in [9.17, 15) is 13.2 Å². The maximum absolute atomic E-state index is 12.4. The molecule has 1 amide bonds. The van der Waals surface area contributed by atoms with Crippen LogP contribution >= 0.6 is 0 Å². The maximum atomic E-state index is 12.4. The molecule has 0 unspecified atom stereocenters. The average molecular weight is 389 g/mol. The summed E-state index contributed by atoms with van der Waals surface area (Å²) in [6.07, 6.45) is 3.50. The first-order valence-electron chi connectivity index (χ1n) is 8.15. The van der Waals surface area contributed by atoms with E-state index in [1.54, 1.807) is 23.9 Å². The van der Waals surface area contributed by atoms with Crippen molar-refractivity contribution in [3.63, 3.8) is 0 Å². The fourth-order valence-corrected chi connectivity index (χ4v) is 3.43. The molecule has 0 aliphatic rings. The minimum absolute atomic E-state index is 0.0166. The smallest absolute Gasteiger partial charge is 0.251 e. The third-order valence-electron chi connectivity index (χ3n) is 3.86. The van der Waals surface area contributed by atoms with E-state index in [1.165, 1.54) is 30.7 Å². The van der Waals surface area contributed by atoms with Gasteiger partial charge in [-0.15, -0.1) is 0 Å². The van der Waals surface area contributed by atoms with Crippen molar-refractivity contribution in [2.24, 2.45) is 7.05 Å². The van der Waals surface area contributed by atoms with E-state index < -0.39 is 10.0 Å². The minimum Gasteiger partial charge on any atom is -0.352 e. The number of aryl methyl sites for hydroxylation is 1. The van der Waals surface area contributed by atoms with Crippen molar-refractivity contribution in [3.8, 4) is 0 Å². The third-order valence-corrected chi connectivity index (χ3v) is 5.26. The van der Waals surface area contributed by atoms with Gasteiger partial charge in [-0.1, -0.05) is 6.07 Å². The second kappa shape index (κ2) is 8.10. The molecule has 2 aromatic heterocycles. The van der Waals surface area contributed by atoms with E-state index in [2.05, 4.69) is 30.3 Å². The molecule has 3 aromatic rings. The first-order chi connectivity index (χ1) is 13.0. The van der Waals surface area contributed by atoms with Crippen LogP contribution < -0.4 is 10.0 Å². The van der Waals surface area contributed by atoms with Gasteiger partial charge >= 0.3 is 0 Å². The lowest BCUT2D eigenvalue weighted by Crippen LogP contribution is -2.27. The number of carbonyl (C=O) groups is 1. The van der Waals surface area contributed by atoms with Crippen molar-refractivity contribution < 1.29 is 13.2 Å². The summed E-state index contributed by atoms with van der Waals surface area (Å²) < 4.78 is 28.9. The number of carbonyl (C=O) groups excluding carboxylic acids is 1. The SMILES string of the molecule is Cn1ncnc1CCNC(=O)c1cccc(S(=O)(=O)NCc2ccn[nH]2)c1. The molecule has 0 aliphatic heterocycles. The van der Waals surface area contributed by atoms with Gasteiger partial charge < -0.3 is 5.32 Å². The number of amides is 1. The summed E-state index contributed by atoms with van der Waals surface area (Å²) >= 11 is 0. The van der Waals surface area contributed by atoms with Crippen molar-refractivity contribution in [2.45, 2.75) is 17.9 Å². The molecule has 11 heteroatoms. The fraction of sp³-hybridized carbons (Fsp3) is 0.250. The second-order valence-electron chi connectivity index (χ2n) is 5.74. The van der Waals surface area contributed by atoms with E-state index in [-0.39, 0.29) is 22.9 Å². The highest BCUT2D eigenvalue weighted by Gasteiger charge is 2.16. The van der Waals surface area contributed by atoms with Crippen molar-refractivity contribution in [1.29, 1.82) is 0 Å². The van der Waals surface area contributed by atoms with Gasteiger partial charge in [0.2, 0.25) is 10.0 Å². The first-order valence-corrected chi connectivity index (χ1v) is 9.63. The predicted molar refractivity (Wildman–Crippen MR) is 96.1 cm³/mol. The number of rotatable bonds is 8. The quantitative estimate of drug-likeness (QED) is 0.496.